The SMILES string of the molecule is O=C(O)/C=C/c1cc2cnc3ccccc3c2o1. The predicted molar refractivity (Wildman–Crippen MR) is 68.2 cm³/mol. The zero-order valence-electron chi connectivity index (χ0n) is 9.33. The van der Waals surface area contributed by atoms with Gasteiger partial charge in [-0.1, -0.05) is 12.1 Å². The third-order valence-corrected chi connectivity index (χ3v) is 2.66. The molecule has 1 aromatic carbocycles. The molecule has 4 nitrogen and oxygen atoms in total. The summed E-state index contributed by atoms with van der Waals surface area (Å²) in [6.45, 7) is 0. The molecule has 3 aromatic rings. The Morgan fingerprint density at radius 1 is 1.33 bits per heavy atom. The molecule has 0 spiro atoms. The summed E-state index contributed by atoms with van der Waals surface area (Å²) in [6, 6.07) is 9.44. The average Bonchev–Trinajstić information content (AvgIpc) is 2.79. The Bertz CT molecular complexity index is 771. The zero-order valence-corrected chi connectivity index (χ0v) is 9.33. The number of pyridine rings is 1. The highest BCUT2D eigenvalue weighted by atomic mass is 16.4. The topological polar surface area (TPSA) is 63.3 Å². The van der Waals surface area contributed by atoms with Crippen LogP contribution in [0.25, 0.3) is 27.9 Å². The second kappa shape index (κ2) is 4.00. The first-order valence-electron chi connectivity index (χ1n) is 5.42. The summed E-state index contributed by atoms with van der Waals surface area (Å²) in [5.41, 5.74) is 1.58. The van der Waals surface area contributed by atoms with Gasteiger partial charge in [-0.25, -0.2) is 4.79 Å². The molecule has 0 saturated carbocycles. The van der Waals surface area contributed by atoms with E-state index in [-0.39, 0.29) is 0 Å². The molecule has 18 heavy (non-hydrogen) atoms. The molecule has 0 bridgehead atoms. The molecule has 1 N–H and O–H groups in total. The number of benzene rings is 1. The first kappa shape index (κ1) is 10.5. The molecule has 3 rings (SSSR count). The minimum atomic E-state index is -1.00. The van der Waals surface area contributed by atoms with E-state index in [2.05, 4.69) is 4.98 Å². The fourth-order valence-electron chi connectivity index (χ4n) is 1.88. The van der Waals surface area contributed by atoms with Crippen molar-refractivity contribution in [3.8, 4) is 0 Å². The van der Waals surface area contributed by atoms with E-state index < -0.39 is 5.97 Å². The molecule has 0 aliphatic rings. The third kappa shape index (κ3) is 1.73. The number of aliphatic carboxylic acids is 1. The Hall–Kier alpha value is -2.62. The number of para-hydroxylation sites is 1. The lowest BCUT2D eigenvalue weighted by atomic mass is 10.2. The van der Waals surface area contributed by atoms with Crippen LogP contribution in [0.15, 0.2) is 47.0 Å². The number of furan rings is 1. The molecule has 88 valence electrons. The van der Waals surface area contributed by atoms with E-state index in [0.717, 1.165) is 27.9 Å². The Morgan fingerprint density at radius 3 is 3.00 bits per heavy atom. The van der Waals surface area contributed by atoms with Crippen LogP contribution < -0.4 is 0 Å². The van der Waals surface area contributed by atoms with Gasteiger partial charge in [-0.05, 0) is 24.3 Å². The lowest BCUT2D eigenvalue weighted by molar-refractivity contribution is -0.131. The van der Waals surface area contributed by atoms with Crippen molar-refractivity contribution in [3.05, 3.63) is 48.4 Å². The van der Waals surface area contributed by atoms with Crippen LogP contribution in [-0.4, -0.2) is 16.1 Å². The number of fused-ring (bicyclic) bond motifs is 3. The van der Waals surface area contributed by atoms with Crippen molar-refractivity contribution in [2.75, 3.05) is 0 Å². The lowest BCUT2D eigenvalue weighted by Gasteiger charge is -1.95. The third-order valence-electron chi connectivity index (χ3n) is 2.66. The minimum Gasteiger partial charge on any atom is -0.478 e. The van der Waals surface area contributed by atoms with Crippen LogP contribution >= 0.6 is 0 Å². The maximum atomic E-state index is 10.5. The van der Waals surface area contributed by atoms with Crippen LogP contribution in [0.1, 0.15) is 5.76 Å². The van der Waals surface area contributed by atoms with Crippen LogP contribution in [-0.2, 0) is 4.79 Å². The highest BCUT2D eigenvalue weighted by molar-refractivity contribution is 6.02. The van der Waals surface area contributed by atoms with Gasteiger partial charge in [0, 0.05) is 23.0 Å². The van der Waals surface area contributed by atoms with Crippen molar-refractivity contribution >= 4 is 33.9 Å². The largest absolute Gasteiger partial charge is 0.478 e. The molecule has 0 unspecified atom stereocenters. The zero-order chi connectivity index (χ0) is 12.5. The van der Waals surface area contributed by atoms with E-state index in [9.17, 15) is 4.79 Å². The average molecular weight is 239 g/mol. The molecule has 0 fully saturated rings. The highest BCUT2D eigenvalue weighted by Gasteiger charge is 2.06. The molecule has 0 saturated heterocycles. The number of carboxylic acids is 1. The summed E-state index contributed by atoms with van der Waals surface area (Å²) >= 11 is 0. The smallest absolute Gasteiger partial charge is 0.328 e. The molecule has 4 heteroatoms. The van der Waals surface area contributed by atoms with Crippen LogP contribution in [0.4, 0.5) is 0 Å². The molecule has 0 atom stereocenters. The van der Waals surface area contributed by atoms with Crippen LogP contribution in [0.3, 0.4) is 0 Å². The summed E-state index contributed by atoms with van der Waals surface area (Å²) in [7, 11) is 0. The Kier molecular flexibility index (Phi) is 2.34. The molecule has 0 amide bonds. The fraction of sp³-hybridized carbons (Fsp3) is 0. The van der Waals surface area contributed by atoms with Gasteiger partial charge < -0.3 is 9.52 Å². The van der Waals surface area contributed by atoms with E-state index in [1.807, 2.05) is 24.3 Å². The first-order valence-corrected chi connectivity index (χ1v) is 5.42. The van der Waals surface area contributed by atoms with Crippen LogP contribution in [0.5, 0.6) is 0 Å². The van der Waals surface area contributed by atoms with Crippen molar-refractivity contribution in [3.63, 3.8) is 0 Å². The number of carbonyl (C=O) groups is 1. The predicted octanol–water partition coefficient (Wildman–Crippen LogP) is 3.08. The van der Waals surface area contributed by atoms with Crippen molar-refractivity contribution in [2.24, 2.45) is 0 Å². The van der Waals surface area contributed by atoms with Gasteiger partial charge in [-0.2, -0.15) is 0 Å². The number of carboxylic acid groups (broad SMARTS) is 1. The minimum absolute atomic E-state index is 0.505. The van der Waals surface area contributed by atoms with E-state index in [4.69, 9.17) is 9.52 Å². The number of rotatable bonds is 2. The normalized spacial score (nSPS) is 11.6. The van der Waals surface area contributed by atoms with Gasteiger partial charge in [0.25, 0.3) is 0 Å². The summed E-state index contributed by atoms with van der Waals surface area (Å²) < 4.78 is 5.64. The van der Waals surface area contributed by atoms with Gasteiger partial charge in [0.1, 0.15) is 11.3 Å². The molecule has 2 aromatic heterocycles. The van der Waals surface area contributed by atoms with E-state index in [0.29, 0.717) is 5.76 Å². The van der Waals surface area contributed by atoms with Crippen LogP contribution in [0, 0.1) is 0 Å². The molecular formula is C14H9NO3. The van der Waals surface area contributed by atoms with Gasteiger partial charge in [-0.3, -0.25) is 4.98 Å². The van der Waals surface area contributed by atoms with Crippen molar-refractivity contribution in [2.45, 2.75) is 0 Å². The van der Waals surface area contributed by atoms with E-state index in [1.54, 1.807) is 12.3 Å². The van der Waals surface area contributed by atoms with Gasteiger partial charge in [0.05, 0.1) is 5.52 Å². The molecule has 0 radical (unpaired) electrons. The van der Waals surface area contributed by atoms with E-state index in [1.165, 1.54) is 6.08 Å². The van der Waals surface area contributed by atoms with Gasteiger partial charge in [-0.15, -0.1) is 0 Å². The van der Waals surface area contributed by atoms with Gasteiger partial charge in [0.2, 0.25) is 0 Å². The van der Waals surface area contributed by atoms with Crippen molar-refractivity contribution < 1.29 is 14.3 Å². The molecule has 0 aliphatic heterocycles. The van der Waals surface area contributed by atoms with Gasteiger partial charge in [0.15, 0.2) is 0 Å². The monoisotopic (exact) mass is 239 g/mol. The highest BCUT2D eigenvalue weighted by Crippen LogP contribution is 2.26. The summed E-state index contributed by atoms with van der Waals surface area (Å²) in [5.74, 6) is -0.496. The second-order valence-electron chi connectivity index (χ2n) is 3.88. The quantitative estimate of drug-likeness (QED) is 0.698. The summed E-state index contributed by atoms with van der Waals surface area (Å²) in [5, 5.41) is 10.4. The van der Waals surface area contributed by atoms with Crippen LogP contribution in [0.2, 0.25) is 0 Å². The number of aromatic nitrogens is 1. The Balaban J connectivity index is 2.22. The number of hydrogen-bond donors (Lipinski definition) is 1. The van der Waals surface area contributed by atoms with Crippen molar-refractivity contribution in [1.82, 2.24) is 4.98 Å². The summed E-state index contributed by atoms with van der Waals surface area (Å²) in [6.07, 6.45) is 4.20. The van der Waals surface area contributed by atoms with Gasteiger partial charge >= 0.3 is 5.97 Å². The maximum absolute atomic E-state index is 10.5. The Morgan fingerprint density at radius 2 is 2.17 bits per heavy atom. The molecular weight excluding hydrogens is 230 g/mol. The summed E-state index contributed by atoms with van der Waals surface area (Å²) in [4.78, 5) is 14.8. The number of nitrogens with zero attached hydrogens (tertiary/aromatic N) is 1. The standard InChI is InChI=1S/C14H9NO3/c16-13(17)6-5-10-7-9-8-15-12-4-2-1-3-11(12)14(9)18-10/h1-8H,(H,16,17)/b6-5+. The molecule has 2 heterocycles. The van der Waals surface area contributed by atoms with Crippen molar-refractivity contribution in [1.29, 1.82) is 0 Å². The second-order valence-corrected chi connectivity index (χ2v) is 3.88. The van der Waals surface area contributed by atoms with E-state index >= 15 is 0 Å². The molecule has 0 aliphatic carbocycles. The fourth-order valence-corrected chi connectivity index (χ4v) is 1.88. The number of hydrogen-bond acceptors (Lipinski definition) is 3. The Labute approximate surface area is 102 Å². The lowest BCUT2D eigenvalue weighted by Crippen LogP contribution is -1.84. The maximum Gasteiger partial charge on any atom is 0.328 e. The first-order chi connectivity index (χ1) is 8.74.